The molecule has 0 saturated heterocycles. The lowest BCUT2D eigenvalue weighted by atomic mass is 9.87. The van der Waals surface area contributed by atoms with E-state index in [1.54, 1.807) is 0 Å². The Morgan fingerprint density at radius 1 is 1.18 bits per heavy atom. The monoisotopic (exact) mass is 241 g/mol. The number of carbonyl (C=O) groups excluding carboxylic acids is 1. The molecular formula is C15H31NO. The maximum absolute atomic E-state index is 12.4. The molecule has 0 aliphatic heterocycles. The molecule has 0 aromatic rings. The Labute approximate surface area is 108 Å². The maximum Gasteiger partial charge on any atom is 0.152 e. The highest BCUT2D eigenvalue weighted by molar-refractivity contribution is 5.87. The summed E-state index contributed by atoms with van der Waals surface area (Å²) >= 11 is 0. The Bertz CT molecular complexity index is 221. The second kappa shape index (κ2) is 7.86. The van der Waals surface area contributed by atoms with E-state index in [2.05, 4.69) is 46.4 Å². The fourth-order valence-electron chi connectivity index (χ4n) is 2.46. The first-order valence-electron chi connectivity index (χ1n) is 7.20. The van der Waals surface area contributed by atoms with Gasteiger partial charge in [-0.1, -0.05) is 41.0 Å². The van der Waals surface area contributed by atoms with Gasteiger partial charge in [0.1, 0.15) is 0 Å². The van der Waals surface area contributed by atoms with Gasteiger partial charge < -0.3 is 0 Å². The van der Waals surface area contributed by atoms with E-state index in [9.17, 15) is 4.79 Å². The van der Waals surface area contributed by atoms with Crippen LogP contribution in [0.2, 0.25) is 0 Å². The first-order valence-corrected chi connectivity index (χ1v) is 7.20. The number of hydrogen-bond donors (Lipinski definition) is 0. The van der Waals surface area contributed by atoms with Crippen molar-refractivity contribution in [2.24, 2.45) is 5.92 Å². The molecule has 0 aromatic heterocycles. The van der Waals surface area contributed by atoms with E-state index < -0.39 is 0 Å². The number of ketones is 1. The molecule has 102 valence electrons. The standard InChI is InChI=1S/C15H31NO/c1-7-15(6,16(8-2)9-3)14(17)12-10-11-13(4)5/h13H,7-12H2,1-6H3. The smallest absolute Gasteiger partial charge is 0.152 e. The molecule has 0 heterocycles. The molecule has 1 atom stereocenters. The van der Waals surface area contributed by atoms with Crippen LogP contribution in [0.4, 0.5) is 0 Å². The Kier molecular flexibility index (Phi) is 7.69. The third-order valence-electron chi connectivity index (χ3n) is 3.94. The van der Waals surface area contributed by atoms with E-state index in [1.165, 1.54) is 0 Å². The normalized spacial score (nSPS) is 15.3. The van der Waals surface area contributed by atoms with Crippen molar-refractivity contribution in [2.75, 3.05) is 13.1 Å². The molecule has 1 unspecified atom stereocenters. The molecule has 0 aliphatic carbocycles. The molecule has 17 heavy (non-hydrogen) atoms. The van der Waals surface area contributed by atoms with Crippen molar-refractivity contribution in [3.05, 3.63) is 0 Å². The predicted octanol–water partition coefficient (Wildman–Crippen LogP) is 3.89. The molecule has 0 rings (SSSR count). The minimum atomic E-state index is -0.250. The van der Waals surface area contributed by atoms with Crippen LogP contribution >= 0.6 is 0 Å². The molecule has 0 saturated carbocycles. The Balaban J connectivity index is 4.46. The largest absolute Gasteiger partial charge is 0.298 e. The van der Waals surface area contributed by atoms with Gasteiger partial charge in [-0.3, -0.25) is 9.69 Å². The summed E-state index contributed by atoms with van der Waals surface area (Å²) in [5.41, 5.74) is -0.250. The predicted molar refractivity (Wildman–Crippen MR) is 75.3 cm³/mol. The summed E-state index contributed by atoms with van der Waals surface area (Å²) in [5, 5.41) is 0. The third-order valence-corrected chi connectivity index (χ3v) is 3.94. The van der Waals surface area contributed by atoms with Crippen molar-refractivity contribution < 1.29 is 4.79 Å². The minimum absolute atomic E-state index is 0.250. The topological polar surface area (TPSA) is 20.3 Å². The van der Waals surface area contributed by atoms with Crippen LogP contribution in [-0.4, -0.2) is 29.3 Å². The molecule has 0 bridgehead atoms. The number of carbonyl (C=O) groups is 1. The highest BCUT2D eigenvalue weighted by atomic mass is 16.1. The zero-order valence-electron chi connectivity index (χ0n) is 12.7. The first-order chi connectivity index (χ1) is 7.92. The lowest BCUT2D eigenvalue weighted by Gasteiger charge is -2.38. The summed E-state index contributed by atoms with van der Waals surface area (Å²) in [6.07, 6.45) is 3.84. The number of Topliss-reactive ketones (excluding diaryl/α,β-unsaturated/α-hetero) is 1. The van der Waals surface area contributed by atoms with Crippen LogP contribution in [0.5, 0.6) is 0 Å². The van der Waals surface area contributed by atoms with Gasteiger partial charge in [0.15, 0.2) is 5.78 Å². The molecule has 2 nitrogen and oxygen atoms in total. The van der Waals surface area contributed by atoms with Gasteiger partial charge in [-0.25, -0.2) is 0 Å². The Hall–Kier alpha value is -0.370. The van der Waals surface area contributed by atoms with Gasteiger partial charge in [0.25, 0.3) is 0 Å². The van der Waals surface area contributed by atoms with Gasteiger partial charge in [-0.15, -0.1) is 0 Å². The van der Waals surface area contributed by atoms with E-state index in [4.69, 9.17) is 0 Å². The van der Waals surface area contributed by atoms with Crippen LogP contribution < -0.4 is 0 Å². The van der Waals surface area contributed by atoms with E-state index in [-0.39, 0.29) is 5.54 Å². The third kappa shape index (κ3) is 4.79. The molecule has 0 N–H and O–H groups in total. The van der Waals surface area contributed by atoms with Crippen molar-refractivity contribution in [1.82, 2.24) is 4.90 Å². The molecule has 0 fully saturated rings. The number of hydrogen-bond acceptors (Lipinski definition) is 2. The summed E-state index contributed by atoms with van der Waals surface area (Å²) < 4.78 is 0. The zero-order valence-corrected chi connectivity index (χ0v) is 12.7. The van der Waals surface area contributed by atoms with E-state index in [0.29, 0.717) is 11.7 Å². The van der Waals surface area contributed by atoms with Crippen LogP contribution in [0.15, 0.2) is 0 Å². The van der Waals surface area contributed by atoms with Gasteiger partial charge >= 0.3 is 0 Å². The van der Waals surface area contributed by atoms with E-state index in [1.807, 2.05) is 0 Å². The van der Waals surface area contributed by atoms with Crippen molar-refractivity contribution in [3.8, 4) is 0 Å². The fourth-order valence-corrected chi connectivity index (χ4v) is 2.46. The SMILES string of the molecule is CCN(CC)C(C)(CC)C(=O)CCCC(C)C. The molecule has 0 amide bonds. The first kappa shape index (κ1) is 16.6. The number of rotatable bonds is 9. The fraction of sp³-hybridized carbons (Fsp3) is 0.933. The van der Waals surface area contributed by atoms with Gasteiger partial charge in [-0.2, -0.15) is 0 Å². The van der Waals surface area contributed by atoms with Crippen molar-refractivity contribution in [2.45, 2.75) is 72.8 Å². The van der Waals surface area contributed by atoms with Gasteiger partial charge in [0.05, 0.1) is 5.54 Å². The quantitative estimate of drug-likeness (QED) is 0.610. The van der Waals surface area contributed by atoms with Gasteiger partial charge in [0, 0.05) is 6.42 Å². The highest BCUT2D eigenvalue weighted by Gasteiger charge is 2.34. The van der Waals surface area contributed by atoms with Crippen LogP contribution in [0, 0.1) is 5.92 Å². The van der Waals surface area contributed by atoms with Crippen LogP contribution in [0.3, 0.4) is 0 Å². The van der Waals surface area contributed by atoms with Crippen molar-refractivity contribution in [1.29, 1.82) is 0 Å². The molecule has 0 radical (unpaired) electrons. The highest BCUT2D eigenvalue weighted by Crippen LogP contribution is 2.23. The van der Waals surface area contributed by atoms with Crippen LogP contribution in [-0.2, 0) is 4.79 Å². The summed E-state index contributed by atoms with van der Waals surface area (Å²) in [7, 11) is 0. The molecular weight excluding hydrogens is 210 g/mol. The minimum Gasteiger partial charge on any atom is -0.298 e. The van der Waals surface area contributed by atoms with E-state index >= 15 is 0 Å². The molecule has 0 aromatic carbocycles. The van der Waals surface area contributed by atoms with E-state index in [0.717, 1.165) is 38.8 Å². The lowest BCUT2D eigenvalue weighted by molar-refractivity contribution is -0.130. The van der Waals surface area contributed by atoms with Crippen LogP contribution in [0.1, 0.15) is 67.2 Å². The lowest BCUT2D eigenvalue weighted by Crippen LogP contribution is -2.51. The molecule has 2 heteroatoms. The second-order valence-corrected chi connectivity index (χ2v) is 5.51. The van der Waals surface area contributed by atoms with Gasteiger partial charge in [-0.05, 0) is 38.8 Å². The summed E-state index contributed by atoms with van der Waals surface area (Å²) in [5.74, 6) is 1.12. The Morgan fingerprint density at radius 3 is 2.06 bits per heavy atom. The Morgan fingerprint density at radius 2 is 1.71 bits per heavy atom. The molecule has 0 spiro atoms. The average molecular weight is 241 g/mol. The summed E-state index contributed by atoms with van der Waals surface area (Å²) in [6.45, 7) is 14.9. The van der Waals surface area contributed by atoms with Crippen LogP contribution in [0.25, 0.3) is 0 Å². The number of likely N-dealkylation sites (N-methyl/N-ethyl adjacent to an activating group) is 1. The van der Waals surface area contributed by atoms with Crippen molar-refractivity contribution in [3.63, 3.8) is 0 Å². The van der Waals surface area contributed by atoms with Gasteiger partial charge in [0.2, 0.25) is 0 Å². The number of nitrogens with zero attached hydrogens (tertiary/aromatic N) is 1. The average Bonchev–Trinajstić information content (AvgIpc) is 2.29. The second-order valence-electron chi connectivity index (χ2n) is 5.51. The summed E-state index contributed by atoms with van der Waals surface area (Å²) in [4.78, 5) is 14.7. The molecule has 0 aliphatic rings. The maximum atomic E-state index is 12.4. The zero-order chi connectivity index (χ0) is 13.5. The summed E-state index contributed by atoms with van der Waals surface area (Å²) in [6, 6.07) is 0. The van der Waals surface area contributed by atoms with Crippen molar-refractivity contribution >= 4 is 5.78 Å².